The number of rotatable bonds is 1. The third kappa shape index (κ3) is 1.98. The summed E-state index contributed by atoms with van der Waals surface area (Å²) in [4.78, 5) is 17.0. The smallest absolute Gasteiger partial charge is 0.292 e. The highest BCUT2D eigenvalue weighted by Gasteiger charge is 2.29. The van der Waals surface area contributed by atoms with E-state index in [9.17, 15) is 4.79 Å². The van der Waals surface area contributed by atoms with Crippen LogP contribution in [-0.2, 0) is 6.42 Å². The lowest BCUT2D eigenvalue weighted by Crippen LogP contribution is -2.48. The van der Waals surface area contributed by atoms with Crippen LogP contribution in [0.2, 0.25) is 0 Å². The lowest BCUT2D eigenvalue weighted by atomic mass is 10.2. The summed E-state index contributed by atoms with van der Waals surface area (Å²) >= 11 is 3.34. The molecule has 0 aromatic carbocycles. The Morgan fingerprint density at radius 1 is 1.45 bits per heavy atom. The van der Waals surface area contributed by atoms with E-state index in [1.807, 2.05) is 13.1 Å². The van der Waals surface area contributed by atoms with Crippen molar-refractivity contribution in [1.82, 2.24) is 19.6 Å². The highest BCUT2D eigenvalue weighted by Crippen LogP contribution is 2.28. The Morgan fingerprint density at radius 3 is 3.18 bits per heavy atom. The van der Waals surface area contributed by atoms with Crippen LogP contribution in [0.1, 0.15) is 16.2 Å². The monoisotopic (exact) mass is 361 g/mol. The van der Waals surface area contributed by atoms with Crippen LogP contribution in [0.25, 0.3) is 5.65 Å². The molecule has 0 aliphatic carbocycles. The van der Waals surface area contributed by atoms with Crippen molar-refractivity contribution in [1.29, 1.82) is 0 Å². The lowest BCUT2D eigenvalue weighted by Gasteiger charge is -2.35. The van der Waals surface area contributed by atoms with Gasteiger partial charge in [0, 0.05) is 38.0 Å². The van der Waals surface area contributed by atoms with Crippen molar-refractivity contribution < 1.29 is 9.21 Å². The van der Waals surface area contributed by atoms with Crippen molar-refractivity contribution in [2.45, 2.75) is 6.42 Å². The number of fused-ring (bicyclic) bond motifs is 2. The molecule has 1 aliphatic heterocycles. The van der Waals surface area contributed by atoms with Crippen LogP contribution >= 0.6 is 15.9 Å². The van der Waals surface area contributed by atoms with Gasteiger partial charge >= 0.3 is 0 Å². The summed E-state index contributed by atoms with van der Waals surface area (Å²) in [5, 5.41) is 7.77. The van der Waals surface area contributed by atoms with Gasteiger partial charge in [-0.05, 0) is 15.9 Å². The van der Waals surface area contributed by atoms with Gasteiger partial charge < -0.3 is 4.42 Å². The van der Waals surface area contributed by atoms with E-state index in [1.54, 1.807) is 39.3 Å². The van der Waals surface area contributed by atoms with Crippen LogP contribution < -0.4 is 5.01 Å². The lowest BCUT2D eigenvalue weighted by molar-refractivity contribution is 0.0728. The fourth-order valence-electron chi connectivity index (χ4n) is 2.63. The summed E-state index contributed by atoms with van der Waals surface area (Å²) in [5.74, 6) is 0.739. The number of furan rings is 1. The maximum atomic E-state index is 12.7. The second-order valence-electron chi connectivity index (χ2n) is 5.04. The maximum Gasteiger partial charge on any atom is 0.292 e. The molecule has 3 aromatic rings. The second-order valence-corrected chi connectivity index (χ2v) is 5.95. The Balaban J connectivity index is 1.68. The molecule has 3 aromatic heterocycles. The van der Waals surface area contributed by atoms with Gasteiger partial charge in [-0.15, -0.1) is 0 Å². The Kier molecular flexibility index (Phi) is 2.93. The number of carbonyl (C=O) groups excluding carboxylic acids is 1. The molecule has 112 valence electrons. The van der Waals surface area contributed by atoms with Crippen LogP contribution in [0.3, 0.4) is 0 Å². The minimum atomic E-state index is -0.157. The van der Waals surface area contributed by atoms with E-state index >= 15 is 0 Å². The molecule has 0 atom stereocenters. The zero-order valence-corrected chi connectivity index (χ0v) is 13.3. The highest BCUT2D eigenvalue weighted by molar-refractivity contribution is 9.10. The van der Waals surface area contributed by atoms with E-state index in [2.05, 4.69) is 26.0 Å². The number of hydrazine groups is 1. The number of nitrogens with zero attached hydrogens (tertiary/aromatic N) is 5. The minimum absolute atomic E-state index is 0.157. The third-order valence-corrected chi connectivity index (χ3v) is 4.13. The molecule has 4 rings (SSSR count). The van der Waals surface area contributed by atoms with Crippen LogP contribution in [0.4, 0.5) is 5.69 Å². The van der Waals surface area contributed by atoms with Gasteiger partial charge in [-0.25, -0.2) is 14.5 Å². The zero-order chi connectivity index (χ0) is 15.3. The largest absolute Gasteiger partial charge is 0.467 e. The molecular weight excluding hydrogens is 350 g/mol. The van der Waals surface area contributed by atoms with Crippen molar-refractivity contribution >= 4 is 33.2 Å². The van der Waals surface area contributed by atoms with Crippen LogP contribution in [0.15, 0.2) is 39.7 Å². The van der Waals surface area contributed by atoms with Crippen LogP contribution in [0, 0.1) is 0 Å². The van der Waals surface area contributed by atoms with Crippen molar-refractivity contribution in [3.63, 3.8) is 0 Å². The third-order valence-electron chi connectivity index (χ3n) is 3.72. The number of aromatic nitrogens is 3. The van der Waals surface area contributed by atoms with Gasteiger partial charge in [-0.1, -0.05) is 0 Å². The van der Waals surface area contributed by atoms with E-state index in [0.29, 0.717) is 24.3 Å². The summed E-state index contributed by atoms with van der Waals surface area (Å²) in [7, 11) is 1.84. The molecule has 7 nitrogen and oxygen atoms in total. The fraction of sp³-hybridized carbons (Fsp3) is 0.214. The number of halogens is 1. The standard InChI is InChI=1S/C14H12BrN5O2/c1-18-11-3-5-22-12(11)2-4-20(18)14(21)10-6-13-16-7-9(15)8-19(13)17-10/h3,5-8H,2,4H2,1H3. The molecule has 4 heterocycles. The average molecular weight is 362 g/mol. The van der Waals surface area contributed by atoms with Gasteiger partial charge in [0.2, 0.25) is 0 Å². The summed E-state index contributed by atoms with van der Waals surface area (Å²) in [6.45, 7) is 0.556. The number of carbonyl (C=O) groups is 1. The molecule has 0 radical (unpaired) electrons. The summed E-state index contributed by atoms with van der Waals surface area (Å²) in [6.07, 6.45) is 5.78. The van der Waals surface area contributed by atoms with Gasteiger partial charge in [0.05, 0.1) is 23.0 Å². The van der Waals surface area contributed by atoms with Crippen molar-refractivity contribution in [2.75, 3.05) is 18.6 Å². The second kappa shape index (κ2) is 4.84. The van der Waals surface area contributed by atoms with Crippen molar-refractivity contribution in [3.05, 3.63) is 46.7 Å². The minimum Gasteiger partial charge on any atom is -0.467 e. The van der Waals surface area contributed by atoms with E-state index in [1.165, 1.54) is 0 Å². The van der Waals surface area contributed by atoms with E-state index in [-0.39, 0.29) is 5.91 Å². The summed E-state index contributed by atoms with van der Waals surface area (Å²) in [5.41, 5.74) is 1.91. The van der Waals surface area contributed by atoms with Crippen LogP contribution in [0.5, 0.6) is 0 Å². The number of anilines is 1. The molecule has 0 N–H and O–H groups in total. The Bertz CT molecular complexity index is 871. The molecule has 0 saturated carbocycles. The first-order valence-corrected chi connectivity index (χ1v) is 7.55. The number of hydrogen-bond donors (Lipinski definition) is 0. The SMILES string of the molecule is CN1c2ccoc2CCN1C(=O)c1cc2ncc(Br)cn2n1. The first kappa shape index (κ1) is 13.3. The molecule has 0 bridgehead atoms. The summed E-state index contributed by atoms with van der Waals surface area (Å²) < 4.78 is 7.80. The normalized spacial score (nSPS) is 14.5. The Labute approximate surface area is 134 Å². The van der Waals surface area contributed by atoms with Gasteiger partial charge in [0.1, 0.15) is 5.76 Å². The molecule has 0 fully saturated rings. The predicted molar refractivity (Wildman–Crippen MR) is 82.5 cm³/mol. The van der Waals surface area contributed by atoms with E-state index < -0.39 is 0 Å². The first-order valence-electron chi connectivity index (χ1n) is 6.76. The predicted octanol–water partition coefficient (Wildman–Crippen LogP) is 2.13. The van der Waals surface area contributed by atoms with Crippen molar-refractivity contribution in [3.8, 4) is 0 Å². The molecule has 0 unspecified atom stereocenters. The molecule has 0 saturated heterocycles. The fourth-order valence-corrected chi connectivity index (χ4v) is 2.92. The molecule has 1 amide bonds. The quantitative estimate of drug-likeness (QED) is 0.664. The molecule has 8 heteroatoms. The molecular formula is C14H12BrN5O2. The summed E-state index contributed by atoms with van der Waals surface area (Å²) in [6, 6.07) is 3.55. The number of hydrogen-bond acceptors (Lipinski definition) is 5. The topological polar surface area (TPSA) is 66.9 Å². The zero-order valence-electron chi connectivity index (χ0n) is 11.7. The average Bonchev–Trinajstić information content (AvgIpc) is 3.12. The molecule has 1 aliphatic rings. The Hall–Kier alpha value is -2.35. The number of amides is 1. The van der Waals surface area contributed by atoms with E-state index in [4.69, 9.17) is 4.42 Å². The van der Waals surface area contributed by atoms with Gasteiger partial charge in [0.15, 0.2) is 11.3 Å². The van der Waals surface area contributed by atoms with Crippen molar-refractivity contribution in [2.24, 2.45) is 0 Å². The van der Waals surface area contributed by atoms with Crippen LogP contribution in [-0.4, -0.2) is 39.1 Å². The van der Waals surface area contributed by atoms with Gasteiger partial charge in [-0.2, -0.15) is 5.10 Å². The highest BCUT2D eigenvalue weighted by atomic mass is 79.9. The Morgan fingerprint density at radius 2 is 2.32 bits per heavy atom. The molecule has 0 spiro atoms. The van der Waals surface area contributed by atoms with E-state index in [0.717, 1.165) is 15.9 Å². The molecule has 22 heavy (non-hydrogen) atoms. The van der Waals surface area contributed by atoms with Gasteiger partial charge in [-0.3, -0.25) is 9.80 Å². The first-order chi connectivity index (χ1) is 10.6. The van der Waals surface area contributed by atoms with Gasteiger partial charge in [0.25, 0.3) is 5.91 Å². The maximum absolute atomic E-state index is 12.7.